The third-order valence-electron chi connectivity index (χ3n) is 4.74. The van der Waals surface area contributed by atoms with Crippen molar-refractivity contribution < 1.29 is 22.7 Å². The first kappa shape index (κ1) is 16.9. The number of hydrogen-bond donors (Lipinski definition) is 3. The van der Waals surface area contributed by atoms with E-state index in [0.29, 0.717) is 9.87 Å². The van der Waals surface area contributed by atoms with Crippen LogP contribution in [0.1, 0.15) is 25.0 Å². The zero-order valence-electron chi connectivity index (χ0n) is 13.8. The van der Waals surface area contributed by atoms with Gasteiger partial charge in [-0.2, -0.15) is 8.42 Å². The van der Waals surface area contributed by atoms with Gasteiger partial charge in [-0.3, -0.25) is 4.79 Å². The van der Waals surface area contributed by atoms with Gasteiger partial charge in [0.25, 0.3) is 5.91 Å². The number of aromatic amines is 1. The monoisotopic (exact) mass is 379 g/mol. The van der Waals surface area contributed by atoms with Crippen LogP contribution in [-0.4, -0.2) is 31.0 Å². The maximum Gasteiger partial charge on any atom is 0.326 e. The van der Waals surface area contributed by atoms with Crippen molar-refractivity contribution in [3.63, 3.8) is 0 Å². The molecule has 2 heterocycles. The third kappa shape index (κ3) is 3.03. The topological polar surface area (TPSA) is 102 Å². The van der Waals surface area contributed by atoms with E-state index in [0.717, 1.165) is 24.5 Å². The van der Waals surface area contributed by atoms with Gasteiger partial charge in [0, 0.05) is 23.0 Å². The van der Waals surface area contributed by atoms with Crippen LogP contribution in [0, 0.1) is 11.7 Å². The molecular formula is C17H18FN3O4S. The molecule has 2 aliphatic rings. The molecule has 2 aromatic rings. The number of anilines is 1. The van der Waals surface area contributed by atoms with E-state index in [-0.39, 0.29) is 5.56 Å². The van der Waals surface area contributed by atoms with Crippen LogP contribution < -0.4 is 9.03 Å². The summed E-state index contributed by atoms with van der Waals surface area (Å²) >= 11 is 0. The van der Waals surface area contributed by atoms with Crippen molar-refractivity contribution in [2.45, 2.75) is 25.7 Å². The second-order valence-corrected chi connectivity index (χ2v) is 8.32. The van der Waals surface area contributed by atoms with Crippen molar-refractivity contribution in [2.75, 3.05) is 10.8 Å². The average molecular weight is 379 g/mol. The van der Waals surface area contributed by atoms with Gasteiger partial charge in [-0.25, -0.2) is 13.4 Å². The molecule has 3 N–H and O–H groups in total. The molecule has 138 valence electrons. The summed E-state index contributed by atoms with van der Waals surface area (Å²) in [6.07, 6.45) is 6.14. The van der Waals surface area contributed by atoms with E-state index in [4.69, 9.17) is 0 Å². The van der Waals surface area contributed by atoms with Gasteiger partial charge in [0.2, 0.25) is 0 Å². The highest BCUT2D eigenvalue weighted by atomic mass is 32.2. The second kappa shape index (κ2) is 6.01. The van der Waals surface area contributed by atoms with Crippen molar-refractivity contribution in [1.29, 1.82) is 0 Å². The standard InChI is InChI=1S/C17H18FN3O4S/c18-16-13(11-7-12(19-8-11)4-3-10-1-2-10)5-6-14(22)17(16)21-9-15(23)20-26(21,24)25/h5-8,10,19,22H,1-4,9H2,(H,20,23). The Morgan fingerprint density at radius 1 is 1.31 bits per heavy atom. The number of aryl methyl sites for hydroxylation is 1. The Bertz CT molecular complexity index is 982. The van der Waals surface area contributed by atoms with Gasteiger partial charge in [-0.1, -0.05) is 12.8 Å². The molecule has 1 saturated carbocycles. The lowest BCUT2D eigenvalue weighted by atomic mass is 10.1. The first-order valence-corrected chi connectivity index (χ1v) is 9.81. The molecule has 7 nitrogen and oxygen atoms in total. The molecule has 9 heteroatoms. The minimum Gasteiger partial charge on any atom is -0.506 e. The van der Waals surface area contributed by atoms with Crippen LogP contribution in [0.2, 0.25) is 0 Å². The summed E-state index contributed by atoms with van der Waals surface area (Å²) in [5.74, 6) is -1.43. The summed E-state index contributed by atoms with van der Waals surface area (Å²) in [6, 6.07) is 4.44. The number of halogens is 1. The summed E-state index contributed by atoms with van der Waals surface area (Å²) in [7, 11) is -4.21. The van der Waals surface area contributed by atoms with Gasteiger partial charge in [0.15, 0.2) is 5.82 Å². The summed E-state index contributed by atoms with van der Waals surface area (Å²) < 4.78 is 41.4. The summed E-state index contributed by atoms with van der Waals surface area (Å²) in [5, 5.41) is 10.0. The molecule has 0 radical (unpaired) electrons. The lowest BCUT2D eigenvalue weighted by molar-refractivity contribution is -0.117. The smallest absolute Gasteiger partial charge is 0.326 e. The maximum absolute atomic E-state index is 15.1. The zero-order chi connectivity index (χ0) is 18.5. The molecule has 1 saturated heterocycles. The van der Waals surface area contributed by atoms with Crippen molar-refractivity contribution in [2.24, 2.45) is 5.92 Å². The number of benzene rings is 1. The zero-order valence-corrected chi connectivity index (χ0v) is 14.6. The van der Waals surface area contributed by atoms with E-state index in [1.165, 1.54) is 25.0 Å². The van der Waals surface area contributed by atoms with Crippen LogP contribution in [0.4, 0.5) is 10.1 Å². The molecule has 1 aromatic carbocycles. The van der Waals surface area contributed by atoms with Crippen molar-refractivity contribution in [3.05, 3.63) is 35.9 Å². The van der Waals surface area contributed by atoms with Crippen LogP contribution in [0.3, 0.4) is 0 Å². The maximum atomic E-state index is 15.1. The lowest BCUT2D eigenvalue weighted by Gasteiger charge is -2.18. The minimum atomic E-state index is -4.21. The predicted octanol–water partition coefficient (Wildman–Crippen LogP) is 2.05. The molecule has 0 bridgehead atoms. The van der Waals surface area contributed by atoms with Crippen LogP contribution in [0.25, 0.3) is 11.1 Å². The first-order chi connectivity index (χ1) is 12.3. The van der Waals surface area contributed by atoms with E-state index in [2.05, 4.69) is 4.98 Å². The number of carbonyl (C=O) groups excluding carboxylic acids is 1. The molecule has 0 atom stereocenters. The van der Waals surface area contributed by atoms with Gasteiger partial charge in [-0.15, -0.1) is 0 Å². The fourth-order valence-corrected chi connectivity index (χ4v) is 4.33. The van der Waals surface area contributed by atoms with Crippen molar-refractivity contribution in [3.8, 4) is 16.9 Å². The molecule has 1 aromatic heterocycles. The number of amides is 1. The van der Waals surface area contributed by atoms with Crippen LogP contribution in [0.5, 0.6) is 5.75 Å². The third-order valence-corrected chi connectivity index (χ3v) is 6.11. The molecule has 2 fully saturated rings. The molecule has 0 unspecified atom stereocenters. The minimum absolute atomic E-state index is 0.154. The number of H-pyrrole nitrogens is 1. The van der Waals surface area contributed by atoms with Crippen LogP contribution in [0.15, 0.2) is 24.4 Å². The molecule has 0 spiro atoms. The molecule has 26 heavy (non-hydrogen) atoms. The lowest BCUT2D eigenvalue weighted by Crippen LogP contribution is -2.30. The van der Waals surface area contributed by atoms with Gasteiger partial charge < -0.3 is 10.1 Å². The normalized spacial score (nSPS) is 19.0. The summed E-state index contributed by atoms with van der Waals surface area (Å²) in [5.41, 5.74) is 1.17. The van der Waals surface area contributed by atoms with E-state index in [1.54, 1.807) is 10.9 Å². The average Bonchev–Trinajstić information content (AvgIpc) is 3.21. The van der Waals surface area contributed by atoms with Crippen molar-refractivity contribution in [1.82, 2.24) is 9.71 Å². The number of rotatable bonds is 5. The molecule has 1 aliphatic heterocycles. The van der Waals surface area contributed by atoms with Gasteiger partial charge in [-0.05, 0) is 37.0 Å². The number of hydrogen-bond acceptors (Lipinski definition) is 4. The van der Waals surface area contributed by atoms with Crippen molar-refractivity contribution >= 4 is 21.8 Å². The number of nitrogens with one attached hydrogen (secondary N) is 2. The first-order valence-electron chi connectivity index (χ1n) is 8.37. The molecule has 4 rings (SSSR count). The Balaban J connectivity index is 1.69. The Morgan fingerprint density at radius 3 is 2.73 bits per heavy atom. The molecular weight excluding hydrogens is 361 g/mol. The second-order valence-electron chi connectivity index (χ2n) is 6.73. The SMILES string of the molecule is O=C1CN(c2c(O)ccc(-c3c[nH]c(CCC4CC4)c3)c2F)S(=O)(=O)N1. The summed E-state index contributed by atoms with van der Waals surface area (Å²) in [6.45, 7) is -0.573. The fraction of sp³-hybridized carbons (Fsp3) is 0.353. The number of phenols is 1. The van der Waals surface area contributed by atoms with Gasteiger partial charge >= 0.3 is 10.2 Å². The largest absolute Gasteiger partial charge is 0.506 e. The van der Waals surface area contributed by atoms with Crippen LogP contribution in [-0.2, 0) is 21.4 Å². The highest BCUT2D eigenvalue weighted by molar-refractivity contribution is 7.92. The Kier molecular flexibility index (Phi) is 3.91. The number of aromatic hydroxyl groups is 1. The van der Waals surface area contributed by atoms with E-state index >= 15 is 4.39 Å². The predicted molar refractivity (Wildman–Crippen MR) is 93.3 cm³/mol. The van der Waals surface area contributed by atoms with E-state index in [9.17, 15) is 18.3 Å². The number of phenolic OH excluding ortho intramolecular Hbond substituents is 1. The Labute approximate surface area is 150 Å². The van der Waals surface area contributed by atoms with Gasteiger partial charge in [0.1, 0.15) is 18.0 Å². The van der Waals surface area contributed by atoms with Gasteiger partial charge in [0.05, 0.1) is 0 Å². The number of nitrogens with zero attached hydrogens (tertiary/aromatic N) is 1. The summed E-state index contributed by atoms with van der Waals surface area (Å²) in [4.78, 5) is 14.5. The number of carbonyl (C=O) groups is 1. The highest BCUT2D eigenvalue weighted by Gasteiger charge is 2.38. The highest BCUT2D eigenvalue weighted by Crippen LogP contribution is 2.39. The van der Waals surface area contributed by atoms with E-state index < -0.39 is 39.9 Å². The fourth-order valence-electron chi connectivity index (χ4n) is 3.17. The number of aromatic nitrogens is 1. The Morgan fingerprint density at radius 2 is 2.08 bits per heavy atom. The van der Waals surface area contributed by atoms with E-state index in [1.807, 2.05) is 6.07 Å². The molecule has 1 amide bonds. The van der Waals surface area contributed by atoms with Crippen LogP contribution >= 0.6 is 0 Å². The Hall–Kier alpha value is -2.55. The molecule has 1 aliphatic carbocycles. The quantitative estimate of drug-likeness (QED) is 0.740.